The SMILES string of the molecule is CC1(C)C=NN2C(=C1)CC1CCCC2C1. The molecule has 0 amide bonds. The number of allylic oxidation sites excluding steroid dienone is 2. The first kappa shape index (κ1) is 9.44. The van der Waals surface area contributed by atoms with E-state index in [9.17, 15) is 0 Å². The van der Waals surface area contributed by atoms with Gasteiger partial charge in [-0.2, -0.15) is 5.10 Å². The Morgan fingerprint density at radius 2 is 2.27 bits per heavy atom. The molecule has 15 heavy (non-hydrogen) atoms. The first-order chi connectivity index (χ1) is 7.14. The molecule has 2 heteroatoms. The molecule has 0 aromatic heterocycles. The fraction of sp³-hybridized carbons (Fsp3) is 0.769. The average molecular weight is 204 g/mol. The molecule has 2 unspecified atom stereocenters. The molecule has 2 bridgehead atoms. The lowest BCUT2D eigenvalue weighted by Gasteiger charge is -2.45. The van der Waals surface area contributed by atoms with Gasteiger partial charge < -0.3 is 0 Å². The summed E-state index contributed by atoms with van der Waals surface area (Å²) in [6.07, 6.45) is 11.3. The third kappa shape index (κ3) is 1.60. The third-order valence-corrected chi connectivity index (χ3v) is 3.95. The number of nitrogens with zero attached hydrogens (tertiary/aromatic N) is 2. The van der Waals surface area contributed by atoms with Crippen LogP contribution in [0.25, 0.3) is 0 Å². The van der Waals surface area contributed by atoms with E-state index in [4.69, 9.17) is 0 Å². The quantitative estimate of drug-likeness (QED) is 0.592. The second kappa shape index (κ2) is 3.10. The molecule has 1 aliphatic carbocycles. The summed E-state index contributed by atoms with van der Waals surface area (Å²) < 4.78 is 0. The summed E-state index contributed by atoms with van der Waals surface area (Å²) in [4.78, 5) is 0. The van der Waals surface area contributed by atoms with Crippen molar-refractivity contribution in [3.8, 4) is 0 Å². The molecular weight excluding hydrogens is 184 g/mol. The van der Waals surface area contributed by atoms with Crippen LogP contribution < -0.4 is 0 Å². The predicted molar refractivity (Wildman–Crippen MR) is 62.6 cm³/mol. The van der Waals surface area contributed by atoms with Crippen LogP contribution in [0.5, 0.6) is 0 Å². The van der Waals surface area contributed by atoms with E-state index in [-0.39, 0.29) is 5.41 Å². The molecule has 2 atom stereocenters. The maximum absolute atomic E-state index is 4.66. The highest BCUT2D eigenvalue weighted by Crippen LogP contribution is 2.42. The van der Waals surface area contributed by atoms with Crippen LogP contribution in [0, 0.1) is 11.3 Å². The molecule has 3 rings (SSSR count). The van der Waals surface area contributed by atoms with Gasteiger partial charge in [0, 0.05) is 17.3 Å². The zero-order valence-corrected chi connectivity index (χ0v) is 9.74. The van der Waals surface area contributed by atoms with Crippen molar-refractivity contribution < 1.29 is 0 Å². The molecule has 2 heterocycles. The van der Waals surface area contributed by atoms with Gasteiger partial charge in [-0.15, -0.1) is 0 Å². The van der Waals surface area contributed by atoms with E-state index in [2.05, 4.69) is 36.2 Å². The van der Waals surface area contributed by atoms with Gasteiger partial charge in [0.25, 0.3) is 0 Å². The zero-order valence-electron chi connectivity index (χ0n) is 9.74. The Morgan fingerprint density at radius 3 is 3.13 bits per heavy atom. The molecule has 0 radical (unpaired) electrons. The van der Waals surface area contributed by atoms with Gasteiger partial charge in [0.15, 0.2) is 0 Å². The highest BCUT2D eigenvalue weighted by Gasteiger charge is 2.36. The lowest BCUT2D eigenvalue weighted by atomic mass is 9.77. The lowest BCUT2D eigenvalue weighted by Crippen LogP contribution is -2.42. The van der Waals surface area contributed by atoms with E-state index in [1.54, 1.807) is 0 Å². The standard InChI is InChI=1S/C13H20N2/c1-13(2)8-12-7-10-4-3-5-11(6-10)15(12)14-9-13/h8-11H,3-7H2,1-2H3. The number of hydrogen-bond donors (Lipinski definition) is 0. The van der Waals surface area contributed by atoms with Gasteiger partial charge in [-0.05, 0) is 31.6 Å². The molecule has 0 N–H and O–H groups in total. The Balaban J connectivity index is 1.91. The lowest BCUT2D eigenvalue weighted by molar-refractivity contribution is 0.113. The van der Waals surface area contributed by atoms with Gasteiger partial charge in [0.2, 0.25) is 0 Å². The van der Waals surface area contributed by atoms with E-state index >= 15 is 0 Å². The van der Waals surface area contributed by atoms with Gasteiger partial charge in [-0.25, -0.2) is 0 Å². The highest BCUT2D eigenvalue weighted by atomic mass is 15.5. The van der Waals surface area contributed by atoms with Gasteiger partial charge >= 0.3 is 0 Å². The smallest absolute Gasteiger partial charge is 0.0524 e. The van der Waals surface area contributed by atoms with Crippen LogP contribution in [0.3, 0.4) is 0 Å². The first-order valence-electron chi connectivity index (χ1n) is 6.20. The summed E-state index contributed by atoms with van der Waals surface area (Å²) in [7, 11) is 0. The minimum absolute atomic E-state index is 0.164. The second-order valence-electron chi connectivity index (χ2n) is 5.94. The van der Waals surface area contributed by atoms with E-state index in [1.165, 1.54) is 37.8 Å². The molecule has 82 valence electrons. The Kier molecular flexibility index (Phi) is 1.95. The Labute approximate surface area is 92.0 Å². The average Bonchev–Trinajstić information content (AvgIpc) is 2.16. The van der Waals surface area contributed by atoms with Crippen LogP contribution >= 0.6 is 0 Å². The van der Waals surface area contributed by atoms with E-state index in [1.807, 2.05) is 0 Å². The molecule has 1 saturated carbocycles. The van der Waals surface area contributed by atoms with Crippen molar-refractivity contribution in [2.45, 2.75) is 52.0 Å². The molecule has 0 spiro atoms. The van der Waals surface area contributed by atoms with E-state index < -0.39 is 0 Å². The number of piperidine rings is 1. The minimum Gasteiger partial charge on any atom is -0.267 e. The molecular formula is C13H20N2. The molecule has 0 aromatic rings. The molecule has 2 fully saturated rings. The number of hydrogen-bond acceptors (Lipinski definition) is 2. The van der Waals surface area contributed by atoms with Gasteiger partial charge in [-0.1, -0.05) is 26.3 Å². The van der Waals surface area contributed by atoms with Crippen LogP contribution in [0.2, 0.25) is 0 Å². The second-order valence-corrected chi connectivity index (χ2v) is 5.94. The molecule has 2 aliphatic heterocycles. The van der Waals surface area contributed by atoms with Crippen LogP contribution in [0.15, 0.2) is 16.9 Å². The maximum atomic E-state index is 4.66. The Morgan fingerprint density at radius 1 is 1.40 bits per heavy atom. The fourth-order valence-corrected chi connectivity index (χ4v) is 3.27. The normalized spacial score (nSPS) is 37.2. The largest absolute Gasteiger partial charge is 0.267 e. The summed E-state index contributed by atoms with van der Waals surface area (Å²) in [6, 6.07) is 0.705. The molecule has 0 aromatic carbocycles. The predicted octanol–water partition coefficient (Wildman–Crippen LogP) is 3.16. The molecule has 1 saturated heterocycles. The van der Waals surface area contributed by atoms with Crippen LogP contribution in [-0.4, -0.2) is 17.3 Å². The van der Waals surface area contributed by atoms with Crippen LogP contribution in [0.4, 0.5) is 0 Å². The van der Waals surface area contributed by atoms with Crippen molar-refractivity contribution in [1.82, 2.24) is 5.01 Å². The van der Waals surface area contributed by atoms with E-state index in [0.717, 1.165) is 5.92 Å². The van der Waals surface area contributed by atoms with Crippen molar-refractivity contribution in [3.63, 3.8) is 0 Å². The number of hydrazone groups is 1. The van der Waals surface area contributed by atoms with Crippen LogP contribution in [-0.2, 0) is 0 Å². The minimum atomic E-state index is 0.164. The van der Waals surface area contributed by atoms with Gasteiger partial charge in [-0.3, -0.25) is 5.01 Å². The van der Waals surface area contributed by atoms with E-state index in [0.29, 0.717) is 6.04 Å². The van der Waals surface area contributed by atoms with Gasteiger partial charge in [0.05, 0.1) is 6.04 Å². The first-order valence-corrected chi connectivity index (χ1v) is 6.20. The Hall–Kier alpha value is -0.790. The fourth-order valence-electron chi connectivity index (χ4n) is 3.27. The topological polar surface area (TPSA) is 15.6 Å². The maximum Gasteiger partial charge on any atom is 0.0524 e. The van der Waals surface area contributed by atoms with Crippen LogP contribution in [0.1, 0.15) is 46.0 Å². The zero-order chi connectivity index (χ0) is 10.5. The third-order valence-electron chi connectivity index (χ3n) is 3.95. The Bertz CT molecular complexity index is 327. The summed E-state index contributed by atoms with van der Waals surface area (Å²) in [5, 5.41) is 6.97. The number of rotatable bonds is 0. The van der Waals surface area contributed by atoms with Crippen molar-refractivity contribution in [1.29, 1.82) is 0 Å². The molecule has 2 nitrogen and oxygen atoms in total. The van der Waals surface area contributed by atoms with Crippen molar-refractivity contribution >= 4 is 6.21 Å². The summed E-state index contributed by atoms with van der Waals surface area (Å²) in [5.74, 6) is 0.940. The monoisotopic (exact) mass is 204 g/mol. The number of fused-ring (bicyclic) bond motifs is 4. The van der Waals surface area contributed by atoms with Crippen molar-refractivity contribution in [3.05, 3.63) is 11.8 Å². The molecule has 3 aliphatic rings. The summed E-state index contributed by atoms with van der Waals surface area (Å²) in [6.45, 7) is 4.48. The van der Waals surface area contributed by atoms with Crippen molar-refractivity contribution in [2.75, 3.05) is 0 Å². The summed E-state index contributed by atoms with van der Waals surface area (Å²) >= 11 is 0. The van der Waals surface area contributed by atoms with Gasteiger partial charge in [0.1, 0.15) is 0 Å². The summed E-state index contributed by atoms with van der Waals surface area (Å²) in [5.41, 5.74) is 1.65. The highest BCUT2D eigenvalue weighted by molar-refractivity contribution is 5.68. The van der Waals surface area contributed by atoms with Crippen molar-refractivity contribution in [2.24, 2.45) is 16.4 Å².